The number of aromatic nitrogens is 1. The molecule has 0 fully saturated rings. The Balaban J connectivity index is 2.58. The first kappa shape index (κ1) is 12.6. The number of methoxy groups -OCH3 is 1. The first-order valence-corrected chi connectivity index (χ1v) is 5.21. The third-order valence-electron chi connectivity index (χ3n) is 2.48. The minimum atomic E-state index is -1.25. The molecule has 0 radical (unpaired) electrons. The summed E-state index contributed by atoms with van der Waals surface area (Å²) in [6.45, 7) is 0. The fourth-order valence-electron chi connectivity index (χ4n) is 1.62. The molecule has 1 aromatic heterocycles. The first-order valence-electron chi connectivity index (χ1n) is 5.21. The van der Waals surface area contributed by atoms with Gasteiger partial charge in [-0.15, -0.1) is 0 Å². The Morgan fingerprint density at radius 2 is 2.16 bits per heavy atom. The maximum Gasteiger partial charge on any atom is 0.374 e. The Morgan fingerprint density at radius 1 is 1.42 bits per heavy atom. The molecule has 98 valence electrons. The molecule has 0 atom stereocenters. The molecule has 1 heterocycles. The van der Waals surface area contributed by atoms with E-state index in [1.54, 1.807) is 12.1 Å². The molecule has 0 amide bonds. The van der Waals surface area contributed by atoms with E-state index in [4.69, 9.17) is 10.8 Å². The molecule has 2 rings (SSSR count). The number of ether oxygens (including phenoxy) is 1. The van der Waals surface area contributed by atoms with Gasteiger partial charge in [-0.1, -0.05) is 17.3 Å². The molecule has 19 heavy (non-hydrogen) atoms. The molecule has 0 saturated carbocycles. The summed E-state index contributed by atoms with van der Waals surface area (Å²) in [5.74, 6) is -2.21. The molecule has 0 aliphatic rings. The van der Waals surface area contributed by atoms with Crippen LogP contribution in [0.3, 0.4) is 0 Å². The molecule has 0 aliphatic carbocycles. The smallest absolute Gasteiger partial charge is 0.374 e. The molecule has 0 spiro atoms. The van der Waals surface area contributed by atoms with Crippen molar-refractivity contribution in [2.24, 2.45) is 0 Å². The zero-order chi connectivity index (χ0) is 14.0. The molecule has 0 bridgehead atoms. The summed E-state index contributed by atoms with van der Waals surface area (Å²) in [6.07, 6.45) is 0. The summed E-state index contributed by atoms with van der Waals surface area (Å²) >= 11 is 0. The van der Waals surface area contributed by atoms with Crippen molar-refractivity contribution < 1.29 is 24.0 Å². The van der Waals surface area contributed by atoms with Gasteiger partial charge >= 0.3 is 11.9 Å². The predicted octanol–water partition coefficient (Wildman–Crippen LogP) is 1.41. The number of hydrogen-bond donors (Lipinski definition) is 2. The third kappa shape index (κ3) is 2.25. The van der Waals surface area contributed by atoms with Gasteiger partial charge < -0.3 is 20.1 Å². The van der Waals surface area contributed by atoms with E-state index in [9.17, 15) is 9.59 Å². The van der Waals surface area contributed by atoms with Gasteiger partial charge in [-0.05, 0) is 6.07 Å². The van der Waals surface area contributed by atoms with Gasteiger partial charge in [0.2, 0.25) is 5.76 Å². The third-order valence-corrected chi connectivity index (χ3v) is 2.48. The van der Waals surface area contributed by atoms with Crippen LogP contribution in [0, 0.1) is 0 Å². The first-order chi connectivity index (χ1) is 9.04. The normalized spacial score (nSPS) is 10.2. The average molecular weight is 262 g/mol. The van der Waals surface area contributed by atoms with Crippen LogP contribution in [0.2, 0.25) is 0 Å². The van der Waals surface area contributed by atoms with Crippen molar-refractivity contribution in [2.75, 3.05) is 12.8 Å². The van der Waals surface area contributed by atoms with Gasteiger partial charge in [0.15, 0.2) is 0 Å². The van der Waals surface area contributed by atoms with E-state index in [1.807, 2.05) is 0 Å². The van der Waals surface area contributed by atoms with Crippen LogP contribution in [0.25, 0.3) is 11.3 Å². The lowest BCUT2D eigenvalue weighted by atomic mass is 10.0. The Labute approximate surface area is 107 Å². The summed E-state index contributed by atoms with van der Waals surface area (Å²) in [5.41, 5.74) is 6.61. The minimum absolute atomic E-state index is 0.121. The van der Waals surface area contributed by atoms with Gasteiger partial charge in [0, 0.05) is 17.3 Å². The van der Waals surface area contributed by atoms with Gasteiger partial charge in [0.1, 0.15) is 5.69 Å². The lowest BCUT2D eigenvalue weighted by molar-refractivity contribution is 0.0601. The van der Waals surface area contributed by atoms with Crippen molar-refractivity contribution in [3.63, 3.8) is 0 Å². The van der Waals surface area contributed by atoms with Gasteiger partial charge in [-0.2, -0.15) is 0 Å². The standard InChI is InChI=1S/C12H10N2O5/c1-18-12(17)10-6(3-2-4-7(10)13)8-5-9(11(15)16)19-14-8/h2-5H,13H2,1H3,(H,15,16). The minimum Gasteiger partial charge on any atom is -0.475 e. The molecule has 0 unspecified atom stereocenters. The second kappa shape index (κ2) is 4.81. The van der Waals surface area contributed by atoms with Gasteiger partial charge in [0.25, 0.3) is 0 Å². The van der Waals surface area contributed by atoms with Crippen molar-refractivity contribution in [3.05, 3.63) is 35.6 Å². The summed E-state index contributed by atoms with van der Waals surface area (Å²) < 4.78 is 9.29. The second-order valence-electron chi connectivity index (χ2n) is 3.64. The highest BCUT2D eigenvalue weighted by molar-refractivity contribution is 6.02. The number of aromatic carboxylic acids is 1. The largest absolute Gasteiger partial charge is 0.475 e. The summed E-state index contributed by atoms with van der Waals surface area (Å²) in [5, 5.41) is 12.4. The number of carboxylic acids is 1. The van der Waals surface area contributed by atoms with Crippen molar-refractivity contribution in [2.45, 2.75) is 0 Å². The van der Waals surface area contributed by atoms with Crippen LogP contribution < -0.4 is 5.73 Å². The Hall–Kier alpha value is -2.83. The SMILES string of the molecule is COC(=O)c1c(N)cccc1-c1cc(C(=O)O)on1. The number of hydrogen-bond acceptors (Lipinski definition) is 6. The highest BCUT2D eigenvalue weighted by Crippen LogP contribution is 2.28. The summed E-state index contributed by atoms with van der Waals surface area (Å²) in [4.78, 5) is 22.4. The second-order valence-corrected chi connectivity index (χ2v) is 3.64. The van der Waals surface area contributed by atoms with E-state index >= 15 is 0 Å². The van der Waals surface area contributed by atoms with E-state index in [1.165, 1.54) is 19.2 Å². The lowest BCUT2D eigenvalue weighted by Gasteiger charge is -2.07. The number of rotatable bonds is 3. The number of carboxylic acid groups (broad SMARTS) is 1. The van der Waals surface area contributed by atoms with Crippen molar-refractivity contribution in [1.82, 2.24) is 5.16 Å². The number of benzene rings is 1. The number of esters is 1. The Bertz CT molecular complexity index is 647. The summed E-state index contributed by atoms with van der Waals surface area (Å²) in [6, 6.07) is 5.94. The lowest BCUT2D eigenvalue weighted by Crippen LogP contribution is -2.07. The van der Waals surface area contributed by atoms with E-state index in [2.05, 4.69) is 14.4 Å². The van der Waals surface area contributed by atoms with Gasteiger partial charge in [0.05, 0.1) is 12.7 Å². The topological polar surface area (TPSA) is 116 Å². The van der Waals surface area contributed by atoms with Crippen molar-refractivity contribution in [3.8, 4) is 11.3 Å². The zero-order valence-corrected chi connectivity index (χ0v) is 9.91. The fourth-order valence-corrected chi connectivity index (χ4v) is 1.62. The molecular weight excluding hydrogens is 252 g/mol. The maximum absolute atomic E-state index is 11.7. The van der Waals surface area contributed by atoms with Crippen LogP contribution >= 0.6 is 0 Å². The molecule has 7 nitrogen and oxygen atoms in total. The van der Waals surface area contributed by atoms with Crippen LogP contribution in [0.15, 0.2) is 28.8 Å². The maximum atomic E-state index is 11.7. The molecule has 0 aliphatic heterocycles. The molecule has 1 aromatic carbocycles. The van der Waals surface area contributed by atoms with E-state index in [0.29, 0.717) is 5.56 Å². The van der Waals surface area contributed by atoms with Crippen molar-refractivity contribution >= 4 is 17.6 Å². The number of carbonyl (C=O) groups excluding carboxylic acids is 1. The number of nitrogens with two attached hydrogens (primary N) is 1. The van der Waals surface area contributed by atoms with Gasteiger partial charge in [-0.3, -0.25) is 0 Å². The molecule has 2 aromatic rings. The van der Waals surface area contributed by atoms with Crippen LogP contribution in [0.5, 0.6) is 0 Å². The average Bonchev–Trinajstić information content (AvgIpc) is 2.87. The molecular formula is C12H10N2O5. The molecule has 7 heteroatoms. The number of nitrogen functional groups attached to an aromatic ring is 1. The van der Waals surface area contributed by atoms with E-state index in [0.717, 1.165) is 0 Å². The van der Waals surface area contributed by atoms with E-state index < -0.39 is 11.9 Å². The Morgan fingerprint density at radius 3 is 2.74 bits per heavy atom. The fraction of sp³-hybridized carbons (Fsp3) is 0.0833. The van der Waals surface area contributed by atoms with E-state index in [-0.39, 0.29) is 22.7 Å². The van der Waals surface area contributed by atoms with Crippen LogP contribution in [-0.2, 0) is 4.74 Å². The monoisotopic (exact) mass is 262 g/mol. The number of nitrogens with zero attached hydrogens (tertiary/aromatic N) is 1. The molecule has 0 saturated heterocycles. The molecule has 3 N–H and O–H groups in total. The Kier molecular flexibility index (Phi) is 3.19. The van der Waals surface area contributed by atoms with Gasteiger partial charge in [-0.25, -0.2) is 9.59 Å². The highest BCUT2D eigenvalue weighted by Gasteiger charge is 2.20. The predicted molar refractivity (Wildman–Crippen MR) is 64.7 cm³/mol. The van der Waals surface area contributed by atoms with Crippen LogP contribution in [0.1, 0.15) is 20.9 Å². The zero-order valence-electron chi connectivity index (χ0n) is 9.91. The van der Waals surface area contributed by atoms with Crippen LogP contribution in [0.4, 0.5) is 5.69 Å². The van der Waals surface area contributed by atoms with Crippen molar-refractivity contribution in [1.29, 1.82) is 0 Å². The number of carbonyl (C=O) groups is 2. The summed E-state index contributed by atoms with van der Waals surface area (Å²) in [7, 11) is 1.23. The highest BCUT2D eigenvalue weighted by atomic mass is 16.5. The van der Waals surface area contributed by atoms with Crippen LogP contribution in [-0.4, -0.2) is 29.3 Å². The quantitative estimate of drug-likeness (QED) is 0.634. The number of anilines is 1.